The molecule has 0 aliphatic rings. The van der Waals surface area contributed by atoms with Gasteiger partial charge in [0.1, 0.15) is 17.4 Å². The van der Waals surface area contributed by atoms with Crippen LogP contribution >= 0.6 is 11.3 Å². The first-order valence-electron chi connectivity index (χ1n) is 8.96. The molecule has 2 aromatic heterocycles. The lowest BCUT2D eigenvalue weighted by molar-refractivity contribution is 0.507. The first kappa shape index (κ1) is 19.4. The van der Waals surface area contributed by atoms with Gasteiger partial charge in [0.05, 0.1) is 12.2 Å². The van der Waals surface area contributed by atoms with E-state index in [1.807, 2.05) is 12.4 Å². The van der Waals surface area contributed by atoms with E-state index in [4.69, 9.17) is 0 Å². The molecular weight excluding hydrogens is 332 g/mol. The molecular formula is C18H30N6S. The van der Waals surface area contributed by atoms with E-state index < -0.39 is 0 Å². The molecule has 25 heavy (non-hydrogen) atoms. The summed E-state index contributed by atoms with van der Waals surface area (Å²) in [6.45, 7) is 13.8. The molecule has 2 heterocycles. The number of thiazole rings is 1. The third kappa shape index (κ3) is 6.16. The van der Waals surface area contributed by atoms with Gasteiger partial charge in [-0.3, -0.25) is 0 Å². The highest BCUT2D eigenvalue weighted by Crippen LogP contribution is 2.17. The van der Waals surface area contributed by atoms with Crippen molar-refractivity contribution < 1.29 is 0 Å². The van der Waals surface area contributed by atoms with E-state index in [2.05, 4.69) is 70.2 Å². The van der Waals surface area contributed by atoms with Gasteiger partial charge in [-0.2, -0.15) is 0 Å². The summed E-state index contributed by atoms with van der Waals surface area (Å²) in [7, 11) is 0. The first-order chi connectivity index (χ1) is 12.0. The summed E-state index contributed by atoms with van der Waals surface area (Å²) < 4.78 is 2.17. The number of imidazole rings is 1. The van der Waals surface area contributed by atoms with Crippen LogP contribution < -0.4 is 10.6 Å². The van der Waals surface area contributed by atoms with Crippen molar-refractivity contribution in [1.82, 2.24) is 25.2 Å². The molecule has 0 saturated carbocycles. The molecule has 0 atom stereocenters. The molecule has 0 unspecified atom stereocenters. The van der Waals surface area contributed by atoms with E-state index >= 15 is 0 Å². The van der Waals surface area contributed by atoms with Crippen molar-refractivity contribution >= 4 is 17.3 Å². The Kier molecular flexibility index (Phi) is 7.43. The molecule has 0 radical (unpaired) electrons. The summed E-state index contributed by atoms with van der Waals surface area (Å²) in [5.74, 6) is 2.83. The maximum atomic E-state index is 4.67. The van der Waals surface area contributed by atoms with Crippen LogP contribution in [0.3, 0.4) is 0 Å². The van der Waals surface area contributed by atoms with Crippen molar-refractivity contribution in [3.63, 3.8) is 0 Å². The summed E-state index contributed by atoms with van der Waals surface area (Å²) in [6.07, 6.45) is 3.87. The van der Waals surface area contributed by atoms with Gasteiger partial charge in [-0.1, -0.05) is 27.7 Å². The highest BCUT2D eigenvalue weighted by Gasteiger charge is 2.08. The summed E-state index contributed by atoms with van der Waals surface area (Å²) in [5.41, 5.74) is 1.15. The van der Waals surface area contributed by atoms with E-state index in [1.165, 1.54) is 0 Å². The molecule has 0 saturated heterocycles. The summed E-state index contributed by atoms with van der Waals surface area (Å²) in [6, 6.07) is 0. The lowest BCUT2D eigenvalue weighted by atomic mass is 10.2. The van der Waals surface area contributed by atoms with E-state index in [0.717, 1.165) is 35.6 Å². The Morgan fingerprint density at radius 3 is 2.72 bits per heavy atom. The van der Waals surface area contributed by atoms with Crippen molar-refractivity contribution in [3.05, 3.63) is 34.3 Å². The van der Waals surface area contributed by atoms with Crippen molar-refractivity contribution in [3.8, 4) is 0 Å². The standard InChI is InChI=1S/C18H30N6S/c1-6-19-18(22-10-17-23-15(12-25-17)14(4)5)21-9-16-20-7-8-24(16)11-13(2)3/h7-8,12-14H,6,9-11H2,1-5H3,(H2,19,21,22). The average molecular weight is 363 g/mol. The lowest BCUT2D eigenvalue weighted by Gasteiger charge is -2.12. The number of aromatic nitrogens is 3. The molecule has 2 aromatic rings. The Morgan fingerprint density at radius 2 is 2.08 bits per heavy atom. The molecule has 6 nitrogen and oxygen atoms in total. The Labute approximate surface area is 154 Å². The summed E-state index contributed by atoms with van der Waals surface area (Å²) in [4.78, 5) is 13.8. The number of hydrogen-bond acceptors (Lipinski definition) is 4. The minimum atomic E-state index is 0.465. The smallest absolute Gasteiger partial charge is 0.192 e. The predicted octanol–water partition coefficient (Wildman–Crippen LogP) is 3.37. The van der Waals surface area contributed by atoms with E-state index in [1.54, 1.807) is 11.3 Å². The number of hydrogen-bond donors (Lipinski definition) is 2. The van der Waals surface area contributed by atoms with Crippen LogP contribution in [0.1, 0.15) is 57.1 Å². The molecule has 0 amide bonds. The largest absolute Gasteiger partial charge is 0.357 e. The maximum absolute atomic E-state index is 4.67. The second-order valence-electron chi connectivity index (χ2n) is 6.76. The van der Waals surface area contributed by atoms with Gasteiger partial charge in [-0.05, 0) is 18.8 Å². The minimum Gasteiger partial charge on any atom is -0.357 e. The third-order valence-electron chi connectivity index (χ3n) is 3.65. The molecule has 0 fully saturated rings. The van der Waals surface area contributed by atoms with Gasteiger partial charge in [0.15, 0.2) is 5.96 Å². The van der Waals surface area contributed by atoms with Crippen LogP contribution in [0.2, 0.25) is 0 Å². The van der Waals surface area contributed by atoms with Gasteiger partial charge in [0, 0.05) is 30.9 Å². The average Bonchev–Trinajstić information content (AvgIpc) is 3.19. The van der Waals surface area contributed by atoms with Crippen LogP contribution in [0.4, 0.5) is 0 Å². The Morgan fingerprint density at radius 1 is 1.28 bits per heavy atom. The van der Waals surface area contributed by atoms with Crippen LogP contribution in [0.25, 0.3) is 0 Å². The topological polar surface area (TPSA) is 67.1 Å². The third-order valence-corrected chi connectivity index (χ3v) is 4.52. The number of aliphatic imine (C=N–C) groups is 1. The zero-order valence-corrected chi connectivity index (χ0v) is 16.7. The van der Waals surface area contributed by atoms with Gasteiger partial charge in [0.2, 0.25) is 0 Å². The highest BCUT2D eigenvalue weighted by molar-refractivity contribution is 7.09. The van der Waals surface area contributed by atoms with E-state index in [-0.39, 0.29) is 0 Å². The zero-order chi connectivity index (χ0) is 18.2. The van der Waals surface area contributed by atoms with Crippen LogP contribution in [0.5, 0.6) is 0 Å². The van der Waals surface area contributed by atoms with Gasteiger partial charge < -0.3 is 15.2 Å². The Balaban J connectivity index is 1.97. The van der Waals surface area contributed by atoms with Crippen LogP contribution in [-0.2, 0) is 19.6 Å². The fourth-order valence-corrected chi connectivity index (χ4v) is 3.27. The maximum Gasteiger partial charge on any atom is 0.192 e. The van der Waals surface area contributed by atoms with Crippen LogP contribution in [0.15, 0.2) is 22.8 Å². The number of nitrogens with zero attached hydrogens (tertiary/aromatic N) is 4. The molecule has 0 spiro atoms. The fourth-order valence-electron chi connectivity index (χ4n) is 2.37. The van der Waals surface area contributed by atoms with Gasteiger partial charge in [-0.25, -0.2) is 15.0 Å². The lowest BCUT2D eigenvalue weighted by Crippen LogP contribution is -2.36. The SMILES string of the molecule is CCNC(=NCc1nccn1CC(C)C)NCc1nc(C(C)C)cs1. The fraction of sp³-hybridized carbons (Fsp3) is 0.611. The second-order valence-corrected chi connectivity index (χ2v) is 7.70. The van der Waals surface area contributed by atoms with Gasteiger partial charge >= 0.3 is 0 Å². The molecule has 0 aromatic carbocycles. The molecule has 0 bridgehead atoms. The van der Waals surface area contributed by atoms with Crippen molar-refractivity contribution in [2.24, 2.45) is 10.9 Å². The predicted molar refractivity (Wildman–Crippen MR) is 105 cm³/mol. The quantitative estimate of drug-likeness (QED) is 0.558. The van der Waals surface area contributed by atoms with Crippen molar-refractivity contribution in [2.75, 3.05) is 6.54 Å². The van der Waals surface area contributed by atoms with E-state index in [0.29, 0.717) is 24.9 Å². The highest BCUT2D eigenvalue weighted by atomic mass is 32.1. The number of nitrogens with one attached hydrogen (secondary N) is 2. The first-order valence-corrected chi connectivity index (χ1v) is 9.84. The molecule has 7 heteroatoms. The van der Waals surface area contributed by atoms with E-state index in [9.17, 15) is 0 Å². The molecule has 2 rings (SSSR count). The molecule has 2 N–H and O–H groups in total. The molecule has 0 aliphatic carbocycles. The van der Waals surface area contributed by atoms with Crippen LogP contribution in [0, 0.1) is 5.92 Å². The van der Waals surface area contributed by atoms with Gasteiger partial charge in [0.25, 0.3) is 0 Å². The number of rotatable bonds is 8. The van der Waals surface area contributed by atoms with Crippen molar-refractivity contribution in [2.45, 2.75) is 60.2 Å². The summed E-state index contributed by atoms with van der Waals surface area (Å²) in [5, 5.41) is 9.86. The minimum absolute atomic E-state index is 0.465. The number of guanidine groups is 1. The van der Waals surface area contributed by atoms with Crippen LogP contribution in [-0.4, -0.2) is 27.0 Å². The normalized spacial score (nSPS) is 12.2. The second kappa shape index (κ2) is 9.56. The monoisotopic (exact) mass is 362 g/mol. The van der Waals surface area contributed by atoms with Gasteiger partial charge in [-0.15, -0.1) is 11.3 Å². The Hall–Kier alpha value is -1.89. The summed E-state index contributed by atoms with van der Waals surface area (Å²) >= 11 is 1.69. The zero-order valence-electron chi connectivity index (χ0n) is 15.9. The molecule has 138 valence electrons. The molecule has 0 aliphatic heterocycles. The van der Waals surface area contributed by atoms with Crippen molar-refractivity contribution in [1.29, 1.82) is 0 Å². The Bertz CT molecular complexity index is 671.